The average molecular weight is 409 g/mol. The lowest BCUT2D eigenvalue weighted by atomic mass is 10.1. The number of nitrogens with one attached hydrogen (secondary N) is 2. The highest BCUT2D eigenvalue weighted by molar-refractivity contribution is 6.09. The number of anilines is 2. The third-order valence-corrected chi connectivity index (χ3v) is 4.76. The van der Waals surface area contributed by atoms with E-state index in [0.717, 1.165) is 11.3 Å². The molecule has 156 valence electrons. The molecule has 0 fully saturated rings. The van der Waals surface area contributed by atoms with E-state index in [4.69, 9.17) is 9.84 Å². The molecule has 3 rings (SSSR count). The van der Waals surface area contributed by atoms with Crippen molar-refractivity contribution in [3.05, 3.63) is 70.9 Å². The van der Waals surface area contributed by atoms with Gasteiger partial charge in [-0.05, 0) is 42.8 Å². The molecule has 0 unspecified atom stereocenters. The molecule has 1 aliphatic heterocycles. The van der Waals surface area contributed by atoms with Crippen molar-refractivity contribution in [1.29, 1.82) is 0 Å². The lowest BCUT2D eigenvalue weighted by Crippen LogP contribution is -2.31. The first kappa shape index (κ1) is 21.1. The van der Waals surface area contributed by atoms with Crippen LogP contribution in [0.4, 0.5) is 11.4 Å². The highest BCUT2D eigenvalue weighted by atomic mass is 16.5. The van der Waals surface area contributed by atoms with Gasteiger partial charge in [0, 0.05) is 23.5 Å². The van der Waals surface area contributed by atoms with Crippen molar-refractivity contribution in [1.82, 2.24) is 4.90 Å². The van der Waals surface area contributed by atoms with Crippen molar-refractivity contribution in [3.63, 3.8) is 0 Å². The number of carbonyl (C=O) groups excluding carboxylic acids is 3. The smallest absolute Gasteiger partial charge is 0.337 e. The normalized spacial score (nSPS) is 13.4. The standard InChI is InChI=1S/C22H23N3O5/c1-14-5-3-4-6-18(14)24-20(27)15-7-9-16(10-8-15)23-19-17(22(29)30-2)13-25(11-12-26)21(19)28/h3-10,23,26H,11-13H2,1-2H3,(H,24,27). The van der Waals surface area contributed by atoms with E-state index < -0.39 is 11.9 Å². The minimum atomic E-state index is -0.611. The zero-order chi connectivity index (χ0) is 21.7. The summed E-state index contributed by atoms with van der Waals surface area (Å²) in [4.78, 5) is 38.4. The van der Waals surface area contributed by atoms with E-state index in [1.54, 1.807) is 24.3 Å². The minimum Gasteiger partial charge on any atom is -0.466 e. The van der Waals surface area contributed by atoms with Gasteiger partial charge in [0.15, 0.2) is 0 Å². The highest BCUT2D eigenvalue weighted by Gasteiger charge is 2.34. The molecule has 0 aromatic heterocycles. The van der Waals surface area contributed by atoms with Gasteiger partial charge >= 0.3 is 5.97 Å². The number of hydrogen-bond acceptors (Lipinski definition) is 6. The number of para-hydroxylation sites is 1. The molecule has 0 saturated heterocycles. The summed E-state index contributed by atoms with van der Waals surface area (Å²) in [7, 11) is 1.24. The van der Waals surface area contributed by atoms with Gasteiger partial charge in [0.1, 0.15) is 5.70 Å². The van der Waals surface area contributed by atoms with Crippen LogP contribution in [0.2, 0.25) is 0 Å². The molecule has 2 aromatic carbocycles. The Labute approximate surface area is 174 Å². The Hall–Kier alpha value is -3.65. The van der Waals surface area contributed by atoms with Gasteiger partial charge < -0.3 is 25.4 Å². The van der Waals surface area contributed by atoms with E-state index in [2.05, 4.69) is 10.6 Å². The minimum absolute atomic E-state index is 0.0608. The largest absolute Gasteiger partial charge is 0.466 e. The Morgan fingerprint density at radius 2 is 1.83 bits per heavy atom. The number of rotatable bonds is 7. The monoisotopic (exact) mass is 409 g/mol. The summed E-state index contributed by atoms with van der Waals surface area (Å²) in [5.74, 6) is -1.26. The number of β-amino-alcohol motifs (C(OH)–C–C–N with tert-alkyl or cyclic N) is 1. The van der Waals surface area contributed by atoms with E-state index in [1.165, 1.54) is 12.0 Å². The van der Waals surface area contributed by atoms with Crippen LogP contribution in [-0.4, -0.2) is 54.6 Å². The van der Waals surface area contributed by atoms with Gasteiger partial charge in [0.05, 0.1) is 25.8 Å². The van der Waals surface area contributed by atoms with Crippen LogP contribution in [0.5, 0.6) is 0 Å². The van der Waals surface area contributed by atoms with Gasteiger partial charge in [-0.2, -0.15) is 0 Å². The summed E-state index contributed by atoms with van der Waals surface area (Å²) >= 11 is 0. The van der Waals surface area contributed by atoms with Gasteiger partial charge in [-0.15, -0.1) is 0 Å². The molecule has 0 radical (unpaired) electrons. The molecular weight excluding hydrogens is 386 g/mol. The van der Waals surface area contributed by atoms with Crippen LogP contribution >= 0.6 is 0 Å². The predicted octanol–water partition coefficient (Wildman–Crippen LogP) is 1.92. The van der Waals surface area contributed by atoms with E-state index in [9.17, 15) is 14.4 Å². The number of hydrogen-bond donors (Lipinski definition) is 3. The zero-order valence-electron chi connectivity index (χ0n) is 16.8. The Kier molecular flexibility index (Phi) is 6.48. The number of aliphatic hydroxyl groups excluding tert-OH is 1. The van der Waals surface area contributed by atoms with Crippen molar-refractivity contribution < 1.29 is 24.2 Å². The fourth-order valence-electron chi connectivity index (χ4n) is 3.11. The molecule has 8 heteroatoms. The average Bonchev–Trinajstić information content (AvgIpc) is 3.05. The summed E-state index contributed by atoms with van der Waals surface area (Å²) in [6.07, 6.45) is 0. The molecule has 3 N–H and O–H groups in total. The second-order valence-corrected chi connectivity index (χ2v) is 6.77. The van der Waals surface area contributed by atoms with Gasteiger partial charge in [-0.25, -0.2) is 4.79 Å². The quantitative estimate of drug-likeness (QED) is 0.603. The second kappa shape index (κ2) is 9.23. The van der Waals surface area contributed by atoms with Gasteiger partial charge in [-0.3, -0.25) is 9.59 Å². The first-order chi connectivity index (χ1) is 14.4. The Balaban J connectivity index is 1.75. The van der Waals surface area contributed by atoms with Crippen molar-refractivity contribution in [2.45, 2.75) is 6.92 Å². The number of carbonyl (C=O) groups is 3. The number of methoxy groups -OCH3 is 1. The van der Waals surface area contributed by atoms with Crippen LogP contribution in [-0.2, 0) is 14.3 Å². The molecule has 8 nitrogen and oxygen atoms in total. The molecule has 30 heavy (non-hydrogen) atoms. The molecule has 0 bridgehead atoms. The first-order valence-corrected chi connectivity index (χ1v) is 9.40. The summed E-state index contributed by atoms with van der Waals surface area (Å²) < 4.78 is 4.76. The SMILES string of the molecule is COC(=O)C1=C(Nc2ccc(C(=O)Nc3ccccc3C)cc2)C(=O)N(CCO)C1. The van der Waals surface area contributed by atoms with Crippen LogP contribution in [0.3, 0.4) is 0 Å². The molecule has 0 spiro atoms. The number of aryl methyl sites for hydroxylation is 1. The molecular formula is C22H23N3O5. The Morgan fingerprint density at radius 1 is 1.13 bits per heavy atom. The Bertz CT molecular complexity index is 998. The number of ether oxygens (including phenoxy) is 1. The molecule has 2 amide bonds. The number of nitrogens with zero attached hydrogens (tertiary/aromatic N) is 1. The maximum absolute atomic E-state index is 12.6. The van der Waals surface area contributed by atoms with Gasteiger partial charge in [0.25, 0.3) is 11.8 Å². The van der Waals surface area contributed by atoms with Crippen LogP contribution in [0.25, 0.3) is 0 Å². The highest BCUT2D eigenvalue weighted by Crippen LogP contribution is 2.23. The van der Waals surface area contributed by atoms with Crippen LogP contribution in [0.15, 0.2) is 59.8 Å². The van der Waals surface area contributed by atoms with Crippen LogP contribution in [0, 0.1) is 6.92 Å². The zero-order valence-corrected chi connectivity index (χ0v) is 16.8. The second-order valence-electron chi connectivity index (χ2n) is 6.77. The summed E-state index contributed by atoms with van der Waals surface area (Å²) in [5.41, 5.74) is 2.98. The summed E-state index contributed by atoms with van der Waals surface area (Å²) in [5, 5.41) is 14.9. The third kappa shape index (κ3) is 4.49. The molecule has 0 aliphatic carbocycles. The summed E-state index contributed by atoms with van der Waals surface area (Å²) in [6.45, 7) is 1.87. The molecule has 0 atom stereocenters. The number of esters is 1. The lowest BCUT2D eigenvalue weighted by molar-refractivity contribution is -0.136. The molecule has 1 heterocycles. The third-order valence-electron chi connectivity index (χ3n) is 4.76. The van der Waals surface area contributed by atoms with Crippen LogP contribution in [0.1, 0.15) is 15.9 Å². The van der Waals surface area contributed by atoms with Crippen molar-refractivity contribution >= 4 is 29.2 Å². The lowest BCUT2D eigenvalue weighted by Gasteiger charge is -2.15. The maximum Gasteiger partial charge on any atom is 0.337 e. The number of amides is 2. The number of aliphatic hydroxyl groups is 1. The van der Waals surface area contributed by atoms with E-state index >= 15 is 0 Å². The van der Waals surface area contributed by atoms with E-state index in [-0.39, 0.29) is 36.9 Å². The summed E-state index contributed by atoms with van der Waals surface area (Å²) in [6, 6.07) is 14.0. The predicted molar refractivity (Wildman–Crippen MR) is 112 cm³/mol. The van der Waals surface area contributed by atoms with Crippen molar-refractivity contribution in [2.24, 2.45) is 0 Å². The van der Waals surface area contributed by atoms with Crippen LogP contribution < -0.4 is 10.6 Å². The topological polar surface area (TPSA) is 108 Å². The van der Waals surface area contributed by atoms with Gasteiger partial charge in [-0.1, -0.05) is 18.2 Å². The fourth-order valence-corrected chi connectivity index (χ4v) is 3.11. The van der Waals surface area contributed by atoms with E-state index in [0.29, 0.717) is 11.3 Å². The van der Waals surface area contributed by atoms with Crippen molar-refractivity contribution in [3.8, 4) is 0 Å². The first-order valence-electron chi connectivity index (χ1n) is 9.40. The molecule has 0 saturated carbocycles. The van der Waals surface area contributed by atoms with E-state index in [1.807, 2.05) is 31.2 Å². The maximum atomic E-state index is 12.6. The number of benzene rings is 2. The fraction of sp³-hybridized carbons (Fsp3) is 0.227. The van der Waals surface area contributed by atoms with Gasteiger partial charge in [0.2, 0.25) is 0 Å². The molecule has 2 aromatic rings. The Morgan fingerprint density at radius 3 is 2.47 bits per heavy atom. The molecule has 1 aliphatic rings. The van der Waals surface area contributed by atoms with Crippen molar-refractivity contribution in [2.75, 3.05) is 37.4 Å².